The zero-order valence-corrected chi connectivity index (χ0v) is 16.5. The van der Waals surface area contributed by atoms with Gasteiger partial charge < -0.3 is 20.5 Å². The molecular weight excluding hydrogens is 359 g/mol. The molecule has 0 radical (unpaired) electrons. The van der Waals surface area contributed by atoms with E-state index in [1.807, 2.05) is 24.5 Å². The van der Waals surface area contributed by atoms with Crippen molar-refractivity contribution >= 4 is 22.5 Å². The van der Waals surface area contributed by atoms with Crippen LogP contribution in [-0.2, 0) is 12.0 Å². The number of pyridine rings is 2. The Morgan fingerprint density at radius 3 is 2.68 bits per heavy atom. The Kier molecular flexibility index (Phi) is 4.31. The van der Waals surface area contributed by atoms with E-state index >= 15 is 4.39 Å². The molecule has 1 fully saturated rings. The number of hydrogen-bond donors (Lipinski definition) is 2. The average molecular weight is 384 g/mol. The SMILES string of the molecule is CN1CCC(Nc2nc3c(c(N)c2F)c(=O)c(C#N)c2n3C(C)(C)CC2)CC1. The third kappa shape index (κ3) is 2.73. The second-order valence-electron chi connectivity index (χ2n) is 8.52. The van der Waals surface area contributed by atoms with Crippen LogP contribution >= 0.6 is 0 Å². The van der Waals surface area contributed by atoms with Gasteiger partial charge in [-0.2, -0.15) is 5.26 Å². The van der Waals surface area contributed by atoms with Crippen molar-refractivity contribution in [2.24, 2.45) is 0 Å². The molecule has 2 aliphatic heterocycles. The number of nitrogens with one attached hydrogen (secondary N) is 1. The molecule has 28 heavy (non-hydrogen) atoms. The maximum atomic E-state index is 15.0. The Labute approximate surface area is 162 Å². The van der Waals surface area contributed by atoms with Gasteiger partial charge in [0.05, 0.1) is 11.1 Å². The number of anilines is 2. The number of aromatic nitrogens is 2. The van der Waals surface area contributed by atoms with E-state index in [0.717, 1.165) is 32.4 Å². The number of nitrogens with two attached hydrogens (primary N) is 1. The van der Waals surface area contributed by atoms with E-state index in [4.69, 9.17) is 5.73 Å². The van der Waals surface area contributed by atoms with Crippen molar-refractivity contribution in [3.63, 3.8) is 0 Å². The standard InChI is InChI=1S/C20H25FN6O/c1-20(2)7-4-13-12(10-22)17(28)14-16(23)15(21)18(25-19(14)27(13)20)24-11-5-8-26(3)9-6-11/h11H,4-9H2,1-3H3,(H3,23,24,25). The van der Waals surface area contributed by atoms with Gasteiger partial charge >= 0.3 is 0 Å². The fourth-order valence-electron chi connectivity index (χ4n) is 4.43. The molecular formula is C20H25FN6O. The molecule has 3 N–H and O–H groups in total. The molecule has 2 aromatic heterocycles. The first-order valence-electron chi connectivity index (χ1n) is 9.67. The molecule has 8 heteroatoms. The normalized spacial score (nSPS) is 19.5. The van der Waals surface area contributed by atoms with Crippen molar-refractivity contribution in [1.29, 1.82) is 5.26 Å². The van der Waals surface area contributed by atoms with Crippen molar-refractivity contribution in [3.05, 3.63) is 27.3 Å². The highest BCUT2D eigenvalue weighted by Crippen LogP contribution is 2.37. The molecule has 4 rings (SSSR count). The molecule has 4 heterocycles. The van der Waals surface area contributed by atoms with Crippen molar-refractivity contribution in [3.8, 4) is 6.07 Å². The molecule has 148 valence electrons. The number of fused-ring (bicyclic) bond motifs is 3. The van der Waals surface area contributed by atoms with Gasteiger partial charge in [-0.25, -0.2) is 9.37 Å². The molecule has 0 spiro atoms. The number of hydrogen-bond acceptors (Lipinski definition) is 6. The Balaban J connectivity index is 1.93. The summed E-state index contributed by atoms with van der Waals surface area (Å²) in [7, 11) is 2.06. The number of rotatable bonds is 2. The van der Waals surface area contributed by atoms with E-state index in [2.05, 4.69) is 22.2 Å². The predicted octanol–water partition coefficient (Wildman–Crippen LogP) is 2.18. The second-order valence-corrected chi connectivity index (χ2v) is 8.52. The molecule has 0 bridgehead atoms. The summed E-state index contributed by atoms with van der Waals surface area (Å²) < 4.78 is 16.9. The summed E-state index contributed by atoms with van der Waals surface area (Å²) in [6, 6.07) is 2.10. The third-order valence-electron chi connectivity index (χ3n) is 6.13. The van der Waals surface area contributed by atoms with Crippen LogP contribution < -0.4 is 16.5 Å². The van der Waals surface area contributed by atoms with Gasteiger partial charge in [-0.15, -0.1) is 0 Å². The van der Waals surface area contributed by atoms with Crippen LogP contribution in [0.4, 0.5) is 15.9 Å². The largest absolute Gasteiger partial charge is 0.396 e. The van der Waals surface area contributed by atoms with Crippen molar-refractivity contribution in [1.82, 2.24) is 14.5 Å². The molecule has 1 saturated heterocycles. The van der Waals surface area contributed by atoms with E-state index in [1.54, 1.807) is 0 Å². The highest BCUT2D eigenvalue weighted by molar-refractivity contribution is 5.92. The van der Waals surface area contributed by atoms with Crippen LogP contribution in [0.2, 0.25) is 0 Å². The average Bonchev–Trinajstić information content (AvgIpc) is 2.96. The molecule has 0 atom stereocenters. The van der Waals surface area contributed by atoms with Crippen LogP contribution in [0.1, 0.15) is 44.4 Å². The minimum atomic E-state index is -0.719. The quantitative estimate of drug-likeness (QED) is 0.823. The number of nitrogens with zero attached hydrogens (tertiary/aromatic N) is 4. The lowest BCUT2D eigenvalue weighted by Gasteiger charge is -2.30. The van der Waals surface area contributed by atoms with Crippen molar-refractivity contribution < 1.29 is 4.39 Å². The first-order valence-corrected chi connectivity index (χ1v) is 9.67. The van der Waals surface area contributed by atoms with Gasteiger partial charge in [-0.3, -0.25) is 4.79 Å². The Morgan fingerprint density at radius 1 is 1.36 bits per heavy atom. The van der Waals surface area contributed by atoms with Crippen LogP contribution in [0.15, 0.2) is 4.79 Å². The summed E-state index contributed by atoms with van der Waals surface area (Å²) >= 11 is 0. The summed E-state index contributed by atoms with van der Waals surface area (Å²) in [5, 5.41) is 12.7. The summed E-state index contributed by atoms with van der Waals surface area (Å²) in [5.41, 5.74) is 6.02. The lowest BCUT2D eigenvalue weighted by Crippen LogP contribution is -2.37. The van der Waals surface area contributed by atoms with Gasteiger partial charge in [-0.05, 0) is 59.7 Å². The van der Waals surface area contributed by atoms with Crippen LogP contribution in [0.5, 0.6) is 0 Å². The monoisotopic (exact) mass is 384 g/mol. The van der Waals surface area contributed by atoms with Gasteiger partial charge in [0.25, 0.3) is 0 Å². The van der Waals surface area contributed by atoms with E-state index in [9.17, 15) is 10.1 Å². The minimum Gasteiger partial charge on any atom is -0.396 e. The molecule has 0 amide bonds. The van der Waals surface area contributed by atoms with E-state index < -0.39 is 11.2 Å². The minimum absolute atomic E-state index is 0.00158. The molecule has 0 aromatic carbocycles. The zero-order chi connectivity index (χ0) is 20.2. The molecule has 0 aliphatic carbocycles. The number of nitrogen functional groups attached to an aromatic ring is 1. The Hall–Kier alpha value is -2.66. The number of likely N-dealkylation sites (tertiary alicyclic amines) is 1. The summed E-state index contributed by atoms with van der Waals surface area (Å²) in [4.78, 5) is 19.6. The Morgan fingerprint density at radius 2 is 2.04 bits per heavy atom. The predicted molar refractivity (Wildman–Crippen MR) is 107 cm³/mol. The molecule has 7 nitrogen and oxygen atoms in total. The van der Waals surface area contributed by atoms with Gasteiger partial charge in [0.1, 0.15) is 17.3 Å². The highest BCUT2D eigenvalue weighted by atomic mass is 19.1. The number of halogens is 1. The summed E-state index contributed by atoms with van der Waals surface area (Å²) in [6.45, 7) is 5.91. The van der Waals surface area contributed by atoms with E-state index in [-0.39, 0.29) is 34.0 Å². The van der Waals surface area contributed by atoms with E-state index in [1.165, 1.54) is 0 Å². The maximum absolute atomic E-state index is 15.0. The number of piperidine rings is 1. The lowest BCUT2D eigenvalue weighted by atomic mass is 10.0. The fraction of sp³-hybridized carbons (Fsp3) is 0.550. The first-order chi connectivity index (χ1) is 13.2. The summed E-state index contributed by atoms with van der Waals surface area (Å²) in [6.07, 6.45) is 3.15. The number of nitriles is 1. The lowest BCUT2D eigenvalue weighted by molar-refractivity contribution is 0.263. The van der Waals surface area contributed by atoms with Gasteiger partial charge in [0.15, 0.2) is 11.6 Å². The van der Waals surface area contributed by atoms with Crippen molar-refractivity contribution in [2.45, 2.75) is 51.1 Å². The molecule has 0 saturated carbocycles. The molecule has 2 aliphatic rings. The third-order valence-corrected chi connectivity index (χ3v) is 6.13. The zero-order valence-electron chi connectivity index (χ0n) is 16.5. The van der Waals surface area contributed by atoms with Crippen LogP contribution in [0.25, 0.3) is 11.0 Å². The van der Waals surface area contributed by atoms with Gasteiger partial charge in [0.2, 0.25) is 5.43 Å². The first kappa shape index (κ1) is 18.7. The smallest absolute Gasteiger partial charge is 0.211 e. The van der Waals surface area contributed by atoms with Crippen LogP contribution in [0.3, 0.4) is 0 Å². The van der Waals surface area contributed by atoms with Crippen LogP contribution in [-0.4, -0.2) is 40.6 Å². The fourth-order valence-corrected chi connectivity index (χ4v) is 4.43. The highest BCUT2D eigenvalue weighted by Gasteiger charge is 2.35. The van der Waals surface area contributed by atoms with Crippen LogP contribution in [0, 0.1) is 17.1 Å². The summed E-state index contributed by atoms with van der Waals surface area (Å²) in [5.74, 6) is -0.634. The molecule has 0 unspecified atom stereocenters. The van der Waals surface area contributed by atoms with Gasteiger partial charge in [-0.1, -0.05) is 0 Å². The maximum Gasteiger partial charge on any atom is 0.211 e. The van der Waals surface area contributed by atoms with Gasteiger partial charge in [0, 0.05) is 17.3 Å². The van der Waals surface area contributed by atoms with E-state index in [0.29, 0.717) is 17.8 Å². The Bertz CT molecular complexity index is 1060. The van der Waals surface area contributed by atoms with Crippen molar-refractivity contribution in [2.75, 3.05) is 31.2 Å². The topological polar surface area (TPSA) is 100.0 Å². The second kappa shape index (κ2) is 6.45. The molecule has 2 aromatic rings.